The lowest BCUT2D eigenvalue weighted by Crippen LogP contribution is -2.43. The summed E-state index contributed by atoms with van der Waals surface area (Å²) in [6.45, 7) is 7.53. The molecule has 13 heavy (non-hydrogen) atoms. The van der Waals surface area contributed by atoms with Gasteiger partial charge in [-0.3, -0.25) is 4.79 Å². The van der Waals surface area contributed by atoms with Gasteiger partial charge < -0.3 is 10.6 Å². The highest BCUT2D eigenvalue weighted by Crippen LogP contribution is 2.02. The molecule has 0 radical (unpaired) electrons. The molecular weight excluding hydrogens is 184 g/mol. The molecule has 0 aliphatic carbocycles. The standard InChI is InChI=1S/C9H20N2OS/c1-5-10-9(12)8(3)11-6-7(2)13-4/h7-8,11H,5-6H2,1-4H3,(H,10,12). The van der Waals surface area contributed by atoms with Gasteiger partial charge in [-0.05, 0) is 20.1 Å². The van der Waals surface area contributed by atoms with E-state index in [9.17, 15) is 4.79 Å². The van der Waals surface area contributed by atoms with Gasteiger partial charge in [-0.25, -0.2) is 0 Å². The topological polar surface area (TPSA) is 41.1 Å². The summed E-state index contributed by atoms with van der Waals surface area (Å²) in [6, 6.07) is -0.0884. The fourth-order valence-corrected chi connectivity index (χ4v) is 1.11. The second-order valence-electron chi connectivity index (χ2n) is 3.07. The Hall–Kier alpha value is -0.220. The lowest BCUT2D eigenvalue weighted by molar-refractivity contribution is -0.122. The fourth-order valence-electron chi connectivity index (χ4n) is 0.846. The number of hydrogen-bond donors (Lipinski definition) is 2. The molecule has 4 heteroatoms. The van der Waals surface area contributed by atoms with Crippen LogP contribution in [-0.2, 0) is 4.79 Å². The van der Waals surface area contributed by atoms with Crippen LogP contribution >= 0.6 is 11.8 Å². The molecule has 0 aliphatic heterocycles. The van der Waals surface area contributed by atoms with Gasteiger partial charge in [0.2, 0.25) is 5.91 Å². The van der Waals surface area contributed by atoms with Crippen molar-refractivity contribution >= 4 is 17.7 Å². The largest absolute Gasteiger partial charge is 0.355 e. The maximum Gasteiger partial charge on any atom is 0.236 e. The molecule has 2 atom stereocenters. The van der Waals surface area contributed by atoms with Crippen LogP contribution in [0.15, 0.2) is 0 Å². The van der Waals surface area contributed by atoms with Crippen LogP contribution in [0.5, 0.6) is 0 Å². The van der Waals surface area contributed by atoms with E-state index in [-0.39, 0.29) is 11.9 Å². The molecule has 0 aromatic heterocycles. The van der Waals surface area contributed by atoms with Gasteiger partial charge in [-0.2, -0.15) is 11.8 Å². The van der Waals surface area contributed by atoms with E-state index in [0.717, 1.165) is 6.54 Å². The van der Waals surface area contributed by atoms with E-state index in [0.29, 0.717) is 11.8 Å². The van der Waals surface area contributed by atoms with E-state index in [1.807, 2.05) is 13.8 Å². The number of carbonyl (C=O) groups excluding carboxylic acids is 1. The summed E-state index contributed by atoms with van der Waals surface area (Å²) in [5, 5.41) is 6.52. The predicted molar refractivity (Wildman–Crippen MR) is 59.1 cm³/mol. The van der Waals surface area contributed by atoms with Gasteiger partial charge in [0.05, 0.1) is 6.04 Å². The second kappa shape index (κ2) is 7.21. The first-order valence-corrected chi connectivity index (χ1v) is 5.94. The molecule has 0 spiro atoms. The van der Waals surface area contributed by atoms with Crippen LogP contribution in [-0.4, -0.2) is 36.5 Å². The number of likely N-dealkylation sites (N-methyl/N-ethyl adjacent to an activating group) is 1. The van der Waals surface area contributed by atoms with E-state index < -0.39 is 0 Å². The number of hydrogen-bond acceptors (Lipinski definition) is 3. The van der Waals surface area contributed by atoms with Gasteiger partial charge in [0.25, 0.3) is 0 Å². The van der Waals surface area contributed by atoms with Gasteiger partial charge in [0, 0.05) is 18.3 Å². The lowest BCUT2D eigenvalue weighted by Gasteiger charge is -2.15. The van der Waals surface area contributed by atoms with E-state index >= 15 is 0 Å². The minimum Gasteiger partial charge on any atom is -0.355 e. The average molecular weight is 204 g/mol. The first kappa shape index (κ1) is 12.8. The van der Waals surface area contributed by atoms with Crippen molar-refractivity contribution in [2.45, 2.75) is 32.1 Å². The van der Waals surface area contributed by atoms with Crippen LogP contribution in [0.2, 0.25) is 0 Å². The van der Waals surface area contributed by atoms with Crippen molar-refractivity contribution in [3.05, 3.63) is 0 Å². The van der Waals surface area contributed by atoms with Crippen LogP contribution in [0.4, 0.5) is 0 Å². The second-order valence-corrected chi connectivity index (χ2v) is 4.35. The highest BCUT2D eigenvalue weighted by molar-refractivity contribution is 7.99. The number of amides is 1. The lowest BCUT2D eigenvalue weighted by atomic mass is 10.3. The molecule has 0 fully saturated rings. The minimum absolute atomic E-state index is 0.0794. The van der Waals surface area contributed by atoms with Crippen LogP contribution in [0.25, 0.3) is 0 Å². The zero-order valence-electron chi connectivity index (χ0n) is 8.89. The summed E-state index contributed by atoms with van der Waals surface area (Å²) in [5.41, 5.74) is 0. The summed E-state index contributed by atoms with van der Waals surface area (Å²) in [6.07, 6.45) is 2.07. The SMILES string of the molecule is CCNC(=O)C(C)NCC(C)SC. The van der Waals surface area contributed by atoms with Gasteiger partial charge >= 0.3 is 0 Å². The monoisotopic (exact) mass is 204 g/mol. The Morgan fingerprint density at radius 1 is 1.46 bits per heavy atom. The Bertz CT molecular complexity index is 153. The Balaban J connectivity index is 3.60. The highest BCUT2D eigenvalue weighted by Gasteiger charge is 2.11. The number of thioether (sulfide) groups is 1. The Labute approximate surface area is 85.0 Å². The maximum absolute atomic E-state index is 11.3. The Morgan fingerprint density at radius 2 is 2.08 bits per heavy atom. The van der Waals surface area contributed by atoms with E-state index in [2.05, 4.69) is 23.8 Å². The number of nitrogens with one attached hydrogen (secondary N) is 2. The third-order valence-corrected chi connectivity index (χ3v) is 2.83. The molecule has 0 bridgehead atoms. The smallest absolute Gasteiger partial charge is 0.236 e. The molecule has 78 valence electrons. The maximum atomic E-state index is 11.3. The average Bonchev–Trinajstić information content (AvgIpc) is 2.13. The summed E-state index contributed by atoms with van der Waals surface area (Å²) in [4.78, 5) is 11.3. The van der Waals surface area contributed by atoms with Crippen LogP contribution in [0, 0.1) is 0 Å². The fraction of sp³-hybridized carbons (Fsp3) is 0.889. The van der Waals surface area contributed by atoms with E-state index in [1.54, 1.807) is 11.8 Å². The molecule has 3 nitrogen and oxygen atoms in total. The first-order chi connectivity index (χ1) is 6.11. The Morgan fingerprint density at radius 3 is 2.54 bits per heavy atom. The zero-order chi connectivity index (χ0) is 10.3. The van der Waals surface area contributed by atoms with Crippen molar-refractivity contribution in [1.29, 1.82) is 0 Å². The molecule has 0 aromatic rings. The van der Waals surface area contributed by atoms with Crippen molar-refractivity contribution in [3.8, 4) is 0 Å². The van der Waals surface area contributed by atoms with Crippen molar-refractivity contribution in [2.24, 2.45) is 0 Å². The molecule has 0 saturated carbocycles. The summed E-state index contributed by atoms with van der Waals surface area (Å²) in [7, 11) is 0. The third kappa shape index (κ3) is 5.93. The molecule has 0 rings (SSSR count). The molecule has 0 aliphatic rings. The Kier molecular flexibility index (Phi) is 7.09. The number of carbonyl (C=O) groups is 1. The molecule has 0 heterocycles. The molecule has 1 amide bonds. The van der Waals surface area contributed by atoms with E-state index in [1.165, 1.54) is 0 Å². The van der Waals surface area contributed by atoms with Gasteiger partial charge in [0.15, 0.2) is 0 Å². The third-order valence-electron chi connectivity index (χ3n) is 1.86. The molecule has 2 N–H and O–H groups in total. The van der Waals surface area contributed by atoms with Crippen LogP contribution < -0.4 is 10.6 Å². The van der Waals surface area contributed by atoms with Crippen molar-refractivity contribution in [3.63, 3.8) is 0 Å². The van der Waals surface area contributed by atoms with E-state index in [4.69, 9.17) is 0 Å². The van der Waals surface area contributed by atoms with Crippen LogP contribution in [0.3, 0.4) is 0 Å². The summed E-state index contributed by atoms with van der Waals surface area (Å²) in [5.74, 6) is 0.0794. The molecule has 0 saturated heterocycles. The minimum atomic E-state index is -0.0884. The van der Waals surface area contributed by atoms with Crippen LogP contribution in [0.1, 0.15) is 20.8 Å². The van der Waals surface area contributed by atoms with Gasteiger partial charge in [-0.15, -0.1) is 0 Å². The molecular formula is C9H20N2OS. The zero-order valence-corrected chi connectivity index (χ0v) is 9.70. The van der Waals surface area contributed by atoms with Crippen molar-refractivity contribution in [2.75, 3.05) is 19.3 Å². The molecule has 2 unspecified atom stereocenters. The first-order valence-electron chi connectivity index (χ1n) is 4.65. The quantitative estimate of drug-likeness (QED) is 0.674. The summed E-state index contributed by atoms with van der Waals surface area (Å²) >= 11 is 1.80. The van der Waals surface area contributed by atoms with Gasteiger partial charge in [-0.1, -0.05) is 6.92 Å². The predicted octanol–water partition coefficient (Wildman–Crippen LogP) is 0.852. The van der Waals surface area contributed by atoms with Crippen molar-refractivity contribution in [1.82, 2.24) is 10.6 Å². The van der Waals surface area contributed by atoms with Crippen molar-refractivity contribution < 1.29 is 4.79 Å². The highest BCUT2D eigenvalue weighted by atomic mass is 32.2. The normalized spacial score (nSPS) is 15.1. The molecule has 0 aromatic carbocycles. The number of rotatable bonds is 6. The summed E-state index contributed by atoms with van der Waals surface area (Å²) < 4.78 is 0. The van der Waals surface area contributed by atoms with Gasteiger partial charge in [0.1, 0.15) is 0 Å².